The Balaban J connectivity index is 1.87. The molecule has 2 aromatic rings. The molecule has 0 bridgehead atoms. The summed E-state index contributed by atoms with van der Waals surface area (Å²) in [6.07, 6.45) is 4.84. The van der Waals surface area contributed by atoms with Crippen LogP contribution in [0.4, 0.5) is 0 Å². The highest BCUT2D eigenvalue weighted by Gasteiger charge is 2.41. The molecule has 0 saturated heterocycles. The minimum Gasteiger partial charge on any atom is -0.337 e. The lowest BCUT2D eigenvalue weighted by molar-refractivity contribution is 0.0819. The van der Waals surface area contributed by atoms with Crippen LogP contribution < -0.4 is 5.32 Å². The van der Waals surface area contributed by atoms with E-state index in [4.69, 9.17) is 4.52 Å². The molecule has 3 rings (SSSR count). The predicted octanol–water partition coefficient (Wildman–Crippen LogP) is 2.00. The number of amides is 1. The number of carbonyl (C=O) groups excluding carboxylic acids is 1. The number of aromatic nitrogens is 4. The number of rotatable bonds is 3. The molecule has 0 spiro atoms. The van der Waals surface area contributed by atoms with Crippen molar-refractivity contribution in [1.82, 2.24) is 25.7 Å². The van der Waals surface area contributed by atoms with Crippen LogP contribution in [0.25, 0.3) is 0 Å². The summed E-state index contributed by atoms with van der Waals surface area (Å²) in [5.41, 5.74) is 0.670. The summed E-state index contributed by atoms with van der Waals surface area (Å²) in [4.78, 5) is 16.8. The summed E-state index contributed by atoms with van der Waals surface area (Å²) in [6, 6.07) is 1.73. The van der Waals surface area contributed by atoms with Gasteiger partial charge in [-0.1, -0.05) is 24.4 Å². The highest BCUT2D eigenvalue weighted by Crippen LogP contribution is 2.36. The van der Waals surface area contributed by atoms with Gasteiger partial charge in [-0.05, 0) is 32.8 Å². The van der Waals surface area contributed by atoms with Crippen molar-refractivity contribution in [2.24, 2.45) is 0 Å². The van der Waals surface area contributed by atoms with E-state index in [1.165, 1.54) is 0 Å². The Hall–Kier alpha value is -2.18. The van der Waals surface area contributed by atoms with Gasteiger partial charge in [-0.25, -0.2) is 0 Å². The summed E-state index contributed by atoms with van der Waals surface area (Å²) in [5.74, 6) is 0.872. The third-order valence-electron chi connectivity index (χ3n) is 3.94. The fourth-order valence-electron chi connectivity index (χ4n) is 2.85. The van der Waals surface area contributed by atoms with Crippen molar-refractivity contribution in [3.63, 3.8) is 0 Å². The lowest BCUT2D eigenvalue weighted by atomic mass is 9.81. The number of hydrogen-bond acceptors (Lipinski definition) is 5. The van der Waals surface area contributed by atoms with Gasteiger partial charge in [-0.3, -0.25) is 9.89 Å². The number of nitrogens with one attached hydrogen (secondary N) is 2. The maximum atomic E-state index is 12.4. The molecule has 0 aromatic carbocycles. The molecule has 1 aliphatic carbocycles. The van der Waals surface area contributed by atoms with Gasteiger partial charge < -0.3 is 9.84 Å². The first kappa shape index (κ1) is 13.8. The first-order chi connectivity index (χ1) is 10.1. The second-order valence-electron chi connectivity index (χ2n) is 5.68. The molecular weight excluding hydrogens is 270 g/mol. The standard InChI is InChI=1S/C14H19N5O2/c1-9-8-11(18-17-9)12(20)16-14(6-4-3-5-7-14)13-15-10(2)19-21-13/h8H,3-7H2,1-2H3,(H,16,20)(H,17,18). The maximum Gasteiger partial charge on any atom is 0.272 e. The van der Waals surface area contributed by atoms with Crippen molar-refractivity contribution in [2.75, 3.05) is 0 Å². The number of hydrogen-bond donors (Lipinski definition) is 2. The molecule has 21 heavy (non-hydrogen) atoms. The molecule has 1 amide bonds. The van der Waals surface area contributed by atoms with Crippen molar-refractivity contribution in [3.8, 4) is 0 Å². The van der Waals surface area contributed by atoms with E-state index in [9.17, 15) is 4.79 Å². The van der Waals surface area contributed by atoms with Gasteiger partial charge in [-0.15, -0.1) is 0 Å². The van der Waals surface area contributed by atoms with E-state index in [2.05, 4.69) is 25.7 Å². The zero-order chi connectivity index (χ0) is 14.9. The fourth-order valence-corrected chi connectivity index (χ4v) is 2.85. The van der Waals surface area contributed by atoms with Gasteiger partial charge in [-0.2, -0.15) is 10.1 Å². The van der Waals surface area contributed by atoms with Crippen LogP contribution in [0, 0.1) is 13.8 Å². The van der Waals surface area contributed by atoms with Crippen LogP contribution >= 0.6 is 0 Å². The van der Waals surface area contributed by atoms with Crippen LogP contribution in [-0.2, 0) is 5.54 Å². The Morgan fingerprint density at radius 1 is 1.33 bits per heavy atom. The number of nitrogens with zero attached hydrogens (tertiary/aromatic N) is 3. The third-order valence-corrected chi connectivity index (χ3v) is 3.94. The molecule has 1 saturated carbocycles. The molecule has 2 aromatic heterocycles. The van der Waals surface area contributed by atoms with Crippen LogP contribution in [0.1, 0.15) is 60.0 Å². The summed E-state index contributed by atoms with van der Waals surface area (Å²) >= 11 is 0. The van der Waals surface area contributed by atoms with E-state index in [0.717, 1.165) is 37.8 Å². The number of aromatic amines is 1. The summed E-state index contributed by atoms with van der Waals surface area (Å²) in [5, 5.41) is 13.7. The molecule has 1 fully saturated rings. The molecule has 7 heteroatoms. The Morgan fingerprint density at radius 3 is 2.67 bits per heavy atom. The topological polar surface area (TPSA) is 96.7 Å². The summed E-state index contributed by atoms with van der Waals surface area (Å²) < 4.78 is 5.35. The number of aryl methyl sites for hydroxylation is 2. The van der Waals surface area contributed by atoms with E-state index in [1.807, 2.05) is 6.92 Å². The fraction of sp³-hybridized carbons (Fsp3) is 0.571. The second kappa shape index (κ2) is 5.31. The minimum absolute atomic E-state index is 0.211. The first-order valence-electron chi connectivity index (χ1n) is 7.24. The lowest BCUT2D eigenvalue weighted by Gasteiger charge is -2.34. The van der Waals surface area contributed by atoms with Crippen LogP contribution in [0.5, 0.6) is 0 Å². The second-order valence-corrected chi connectivity index (χ2v) is 5.68. The van der Waals surface area contributed by atoms with Gasteiger partial charge in [0.05, 0.1) is 0 Å². The molecule has 1 aliphatic rings. The molecule has 0 aliphatic heterocycles. The van der Waals surface area contributed by atoms with Gasteiger partial charge in [0, 0.05) is 5.69 Å². The van der Waals surface area contributed by atoms with Crippen LogP contribution in [0.15, 0.2) is 10.6 Å². The zero-order valence-electron chi connectivity index (χ0n) is 12.3. The predicted molar refractivity (Wildman–Crippen MR) is 74.6 cm³/mol. The molecular formula is C14H19N5O2. The maximum absolute atomic E-state index is 12.4. The molecule has 0 unspecified atom stereocenters. The Kier molecular flexibility index (Phi) is 3.48. The van der Waals surface area contributed by atoms with E-state index in [1.54, 1.807) is 13.0 Å². The van der Waals surface area contributed by atoms with Crippen molar-refractivity contribution < 1.29 is 9.32 Å². The van der Waals surface area contributed by atoms with Gasteiger partial charge in [0.1, 0.15) is 11.2 Å². The zero-order valence-corrected chi connectivity index (χ0v) is 12.3. The molecule has 0 radical (unpaired) electrons. The Labute approximate surface area is 122 Å². The van der Waals surface area contributed by atoms with Crippen molar-refractivity contribution in [1.29, 1.82) is 0 Å². The molecule has 2 heterocycles. The first-order valence-corrected chi connectivity index (χ1v) is 7.24. The minimum atomic E-state index is -0.566. The van der Waals surface area contributed by atoms with Gasteiger partial charge in [0.25, 0.3) is 11.8 Å². The summed E-state index contributed by atoms with van der Waals surface area (Å²) in [7, 11) is 0. The normalized spacial score (nSPS) is 17.6. The number of carbonyl (C=O) groups is 1. The van der Waals surface area contributed by atoms with E-state index >= 15 is 0 Å². The molecule has 7 nitrogen and oxygen atoms in total. The quantitative estimate of drug-likeness (QED) is 0.900. The van der Waals surface area contributed by atoms with Crippen LogP contribution in [-0.4, -0.2) is 26.2 Å². The van der Waals surface area contributed by atoms with E-state index in [0.29, 0.717) is 17.4 Å². The smallest absolute Gasteiger partial charge is 0.272 e. The van der Waals surface area contributed by atoms with Gasteiger partial charge in [0.15, 0.2) is 5.82 Å². The van der Waals surface area contributed by atoms with Crippen LogP contribution in [0.2, 0.25) is 0 Å². The third kappa shape index (κ3) is 2.68. The van der Waals surface area contributed by atoms with Crippen LogP contribution in [0.3, 0.4) is 0 Å². The highest BCUT2D eigenvalue weighted by atomic mass is 16.5. The monoisotopic (exact) mass is 289 g/mol. The Bertz CT molecular complexity index is 639. The SMILES string of the molecule is Cc1noc(C2(NC(=O)c3cc(C)[nH]n3)CCCCC2)n1. The van der Waals surface area contributed by atoms with Gasteiger partial charge >= 0.3 is 0 Å². The van der Waals surface area contributed by atoms with E-state index in [-0.39, 0.29) is 5.91 Å². The van der Waals surface area contributed by atoms with Crippen molar-refractivity contribution >= 4 is 5.91 Å². The molecule has 112 valence electrons. The summed E-state index contributed by atoms with van der Waals surface area (Å²) in [6.45, 7) is 3.64. The highest BCUT2D eigenvalue weighted by molar-refractivity contribution is 5.92. The molecule has 2 N–H and O–H groups in total. The Morgan fingerprint density at radius 2 is 2.10 bits per heavy atom. The average Bonchev–Trinajstić information content (AvgIpc) is 3.09. The lowest BCUT2D eigenvalue weighted by Crippen LogP contribution is -2.47. The largest absolute Gasteiger partial charge is 0.337 e. The van der Waals surface area contributed by atoms with Crippen molar-refractivity contribution in [3.05, 3.63) is 29.2 Å². The van der Waals surface area contributed by atoms with Gasteiger partial charge in [0.2, 0.25) is 0 Å². The molecule has 0 atom stereocenters. The average molecular weight is 289 g/mol. The van der Waals surface area contributed by atoms with Crippen molar-refractivity contribution in [2.45, 2.75) is 51.5 Å². The number of H-pyrrole nitrogens is 1. The van der Waals surface area contributed by atoms with E-state index < -0.39 is 5.54 Å².